The first-order valence-electron chi connectivity index (χ1n) is 9.87. The summed E-state index contributed by atoms with van der Waals surface area (Å²) in [5, 5.41) is 0. The molecule has 2 N–H and O–H groups in total. The normalized spacial score (nSPS) is 20.0. The van der Waals surface area contributed by atoms with Crippen molar-refractivity contribution in [2.45, 2.75) is 38.5 Å². The van der Waals surface area contributed by atoms with Crippen molar-refractivity contribution in [1.82, 2.24) is 4.90 Å². The number of halogens is 1. The summed E-state index contributed by atoms with van der Waals surface area (Å²) in [6, 6.07) is 8.34. The highest BCUT2D eigenvalue weighted by molar-refractivity contribution is 5.85. The number of nitrogens with zero attached hydrogens (tertiary/aromatic N) is 1. The zero-order valence-electron chi connectivity index (χ0n) is 16.3. The molecule has 1 amide bonds. The van der Waals surface area contributed by atoms with Gasteiger partial charge < -0.3 is 20.1 Å². The van der Waals surface area contributed by atoms with Crippen molar-refractivity contribution in [1.29, 1.82) is 0 Å². The summed E-state index contributed by atoms with van der Waals surface area (Å²) in [7, 11) is 1.69. The highest BCUT2D eigenvalue weighted by Crippen LogP contribution is 2.33. The van der Waals surface area contributed by atoms with Crippen LogP contribution < -0.4 is 10.5 Å². The van der Waals surface area contributed by atoms with Crippen LogP contribution in [0.15, 0.2) is 24.3 Å². The van der Waals surface area contributed by atoms with E-state index in [1.165, 1.54) is 12.0 Å². The molecule has 0 bridgehead atoms. The van der Waals surface area contributed by atoms with Gasteiger partial charge in [0, 0.05) is 32.8 Å². The maximum atomic E-state index is 13.0. The molecule has 2 fully saturated rings. The molecule has 6 heteroatoms. The van der Waals surface area contributed by atoms with E-state index in [4.69, 9.17) is 15.2 Å². The van der Waals surface area contributed by atoms with Crippen molar-refractivity contribution < 1.29 is 14.3 Å². The summed E-state index contributed by atoms with van der Waals surface area (Å²) in [6.07, 6.45) is 5.99. The van der Waals surface area contributed by atoms with Gasteiger partial charge in [-0.2, -0.15) is 0 Å². The molecule has 0 aromatic heterocycles. The van der Waals surface area contributed by atoms with Crippen molar-refractivity contribution >= 4 is 18.3 Å². The van der Waals surface area contributed by atoms with Crippen molar-refractivity contribution in [3.05, 3.63) is 29.8 Å². The fourth-order valence-electron chi connectivity index (χ4n) is 4.19. The maximum Gasteiger partial charge on any atom is 0.230 e. The van der Waals surface area contributed by atoms with Crippen LogP contribution in [0.25, 0.3) is 0 Å². The molecule has 0 aliphatic carbocycles. The van der Waals surface area contributed by atoms with Crippen LogP contribution in [0.3, 0.4) is 0 Å². The number of aryl methyl sites for hydroxylation is 1. The topological polar surface area (TPSA) is 64.8 Å². The first-order chi connectivity index (χ1) is 12.7. The monoisotopic (exact) mass is 396 g/mol. The predicted molar refractivity (Wildman–Crippen MR) is 109 cm³/mol. The Bertz CT molecular complexity index is 580. The van der Waals surface area contributed by atoms with Crippen LogP contribution in [-0.2, 0) is 16.0 Å². The number of carbonyl (C=O) groups excluding carboxylic acids is 1. The van der Waals surface area contributed by atoms with Gasteiger partial charge in [-0.1, -0.05) is 12.1 Å². The maximum absolute atomic E-state index is 13.0. The Morgan fingerprint density at radius 2 is 1.85 bits per heavy atom. The van der Waals surface area contributed by atoms with Gasteiger partial charge in [-0.3, -0.25) is 4.79 Å². The zero-order chi connectivity index (χ0) is 18.4. The molecule has 0 atom stereocenters. The van der Waals surface area contributed by atoms with E-state index in [1.807, 2.05) is 12.1 Å². The first kappa shape index (κ1) is 22.0. The summed E-state index contributed by atoms with van der Waals surface area (Å²) in [4.78, 5) is 15.1. The van der Waals surface area contributed by atoms with Gasteiger partial charge in [0.05, 0.1) is 12.5 Å². The predicted octanol–water partition coefficient (Wildman–Crippen LogP) is 3.04. The minimum Gasteiger partial charge on any atom is -0.497 e. The number of hydrogen-bond acceptors (Lipinski definition) is 4. The Labute approximate surface area is 169 Å². The van der Waals surface area contributed by atoms with Crippen molar-refractivity contribution in [3.63, 3.8) is 0 Å². The van der Waals surface area contributed by atoms with Crippen LogP contribution in [0.4, 0.5) is 0 Å². The molecule has 2 saturated heterocycles. The number of methoxy groups -OCH3 is 1. The Morgan fingerprint density at radius 3 is 2.41 bits per heavy atom. The number of carbonyl (C=O) groups is 1. The van der Waals surface area contributed by atoms with Gasteiger partial charge in [0.15, 0.2) is 0 Å². The molecule has 1 aromatic carbocycles. The highest BCUT2D eigenvalue weighted by atomic mass is 35.5. The van der Waals surface area contributed by atoms with E-state index in [1.54, 1.807) is 7.11 Å². The molecule has 0 unspecified atom stereocenters. The molecule has 2 aliphatic rings. The number of amides is 1. The van der Waals surface area contributed by atoms with Gasteiger partial charge in [-0.05, 0) is 62.1 Å². The molecule has 0 saturated carbocycles. The van der Waals surface area contributed by atoms with Gasteiger partial charge in [0.2, 0.25) is 5.91 Å². The van der Waals surface area contributed by atoms with Crippen LogP contribution in [-0.4, -0.2) is 50.8 Å². The van der Waals surface area contributed by atoms with Crippen LogP contribution >= 0.6 is 12.4 Å². The Morgan fingerprint density at radius 1 is 1.22 bits per heavy atom. The van der Waals surface area contributed by atoms with Gasteiger partial charge in [0.25, 0.3) is 0 Å². The van der Waals surface area contributed by atoms with E-state index in [2.05, 4.69) is 17.0 Å². The molecule has 27 heavy (non-hydrogen) atoms. The zero-order valence-corrected chi connectivity index (χ0v) is 17.1. The largest absolute Gasteiger partial charge is 0.497 e. The molecule has 2 heterocycles. The van der Waals surface area contributed by atoms with E-state index in [0.29, 0.717) is 25.7 Å². The molecule has 3 rings (SSSR count). The second-order valence-corrected chi connectivity index (χ2v) is 7.72. The van der Waals surface area contributed by atoms with Crippen molar-refractivity contribution in [3.8, 4) is 5.75 Å². The van der Waals surface area contributed by atoms with Crippen LogP contribution in [0.5, 0.6) is 5.75 Å². The van der Waals surface area contributed by atoms with Crippen LogP contribution in [0.2, 0.25) is 0 Å². The van der Waals surface area contributed by atoms with E-state index in [0.717, 1.165) is 50.9 Å². The van der Waals surface area contributed by atoms with Crippen molar-refractivity contribution in [2.24, 2.45) is 17.1 Å². The molecule has 152 valence electrons. The molecule has 1 aromatic rings. The average Bonchev–Trinajstić information content (AvgIpc) is 2.73. The van der Waals surface area contributed by atoms with Crippen LogP contribution in [0, 0.1) is 11.3 Å². The SMILES string of the molecule is COc1ccc(CCC2CCN(C(=O)C3(CN)CCOCC3)CC2)cc1.Cl. The lowest BCUT2D eigenvalue weighted by Crippen LogP contribution is -2.52. The van der Waals surface area contributed by atoms with Crippen molar-refractivity contribution in [2.75, 3.05) is 40.0 Å². The fourth-order valence-corrected chi connectivity index (χ4v) is 4.19. The first-order valence-corrected chi connectivity index (χ1v) is 9.87. The third-order valence-corrected chi connectivity index (χ3v) is 6.20. The number of nitrogens with two attached hydrogens (primary N) is 1. The average molecular weight is 397 g/mol. The lowest BCUT2D eigenvalue weighted by molar-refractivity contribution is -0.148. The lowest BCUT2D eigenvalue weighted by atomic mass is 9.78. The summed E-state index contributed by atoms with van der Waals surface area (Å²) < 4.78 is 10.6. The lowest BCUT2D eigenvalue weighted by Gasteiger charge is -2.41. The van der Waals surface area contributed by atoms with E-state index in [-0.39, 0.29) is 23.7 Å². The van der Waals surface area contributed by atoms with Gasteiger partial charge in [-0.15, -0.1) is 12.4 Å². The van der Waals surface area contributed by atoms with E-state index in [9.17, 15) is 4.79 Å². The molecular formula is C21H33ClN2O3. The van der Waals surface area contributed by atoms with Gasteiger partial charge >= 0.3 is 0 Å². The smallest absolute Gasteiger partial charge is 0.230 e. The standard InChI is InChI=1S/C21H32N2O3.ClH/c1-25-19-6-4-17(5-7-19)2-3-18-8-12-23(13-9-18)20(24)21(16-22)10-14-26-15-11-21;/h4-7,18H,2-3,8-16,22H2,1H3;1H. The van der Waals surface area contributed by atoms with E-state index >= 15 is 0 Å². The highest BCUT2D eigenvalue weighted by Gasteiger charge is 2.42. The summed E-state index contributed by atoms with van der Waals surface area (Å²) in [6.45, 7) is 3.48. The molecule has 5 nitrogen and oxygen atoms in total. The summed E-state index contributed by atoms with van der Waals surface area (Å²) in [5.74, 6) is 1.86. The number of hydrogen-bond donors (Lipinski definition) is 1. The second-order valence-electron chi connectivity index (χ2n) is 7.72. The number of rotatable bonds is 6. The van der Waals surface area contributed by atoms with Crippen LogP contribution in [0.1, 0.15) is 37.7 Å². The molecule has 0 radical (unpaired) electrons. The summed E-state index contributed by atoms with van der Waals surface area (Å²) >= 11 is 0. The van der Waals surface area contributed by atoms with E-state index < -0.39 is 0 Å². The number of benzene rings is 1. The molecule has 2 aliphatic heterocycles. The quantitative estimate of drug-likeness (QED) is 0.802. The third kappa shape index (κ3) is 5.37. The Hall–Kier alpha value is -1.30. The summed E-state index contributed by atoms with van der Waals surface area (Å²) in [5.41, 5.74) is 6.97. The number of ether oxygens (including phenoxy) is 2. The fraction of sp³-hybridized carbons (Fsp3) is 0.667. The van der Waals surface area contributed by atoms with Gasteiger partial charge in [-0.25, -0.2) is 0 Å². The van der Waals surface area contributed by atoms with Gasteiger partial charge in [0.1, 0.15) is 5.75 Å². The minimum absolute atomic E-state index is 0. The number of likely N-dealkylation sites (tertiary alicyclic amines) is 1. The molecular weight excluding hydrogens is 364 g/mol. The molecule has 0 spiro atoms. The second kappa shape index (κ2) is 10.3. The third-order valence-electron chi connectivity index (χ3n) is 6.20. The Balaban J connectivity index is 0.00000261. The Kier molecular flexibility index (Phi) is 8.39. The minimum atomic E-state index is -0.381. The number of piperidine rings is 1.